The topological polar surface area (TPSA) is 56.1 Å². The fraction of sp³-hybridized carbons (Fsp3) is 0.467. The third-order valence-corrected chi connectivity index (χ3v) is 2.98. The van der Waals surface area contributed by atoms with Crippen molar-refractivity contribution in [3.63, 3.8) is 0 Å². The van der Waals surface area contributed by atoms with E-state index < -0.39 is 11.7 Å². The minimum atomic E-state index is -0.493. The number of carbonyl (C=O) groups excluding carboxylic acids is 1. The van der Waals surface area contributed by atoms with Crippen LogP contribution < -0.4 is 5.32 Å². The first-order valence-electron chi connectivity index (χ1n) is 6.66. The van der Waals surface area contributed by atoms with E-state index in [0.29, 0.717) is 6.54 Å². The van der Waals surface area contributed by atoms with Crippen molar-refractivity contribution in [3.8, 4) is 0 Å². The largest absolute Gasteiger partial charge is 0.444 e. The van der Waals surface area contributed by atoms with Crippen LogP contribution in [0.2, 0.25) is 0 Å². The van der Waals surface area contributed by atoms with Gasteiger partial charge in [-0.3, -0.25) is 0 Å². The van der Waals surface area contributed by atoms with Gasteiger partial charge in [0.05, 0.1) is 17.6 Å². The van der Waals surface area contributed by atoms with Crippen LogP contribution in [0.3, 0.4) is 0 Å². The quantitative estimate of drug-likeness (QED) is 0.916. The highest BCUT2D eigenvalue weighted by Crippen LogP contribution is 2.18. The Hall–Kier alpha value is -2.04. The number of imidazole rings is 1. The highest BCUT2D eigenvalue weighted by Gasteiger charge is 2.17. The number of benzene rings is 1. The lowest BCUT2D eigenvalue weighted by atomic mass is 10.2. The van der Waals surface area contributed by atoms with Crippen LogP contribution in [-0.2, 0) is 18.3 Å². The molecule has 0 atom stereocenters. The molecule has 1 heterocycles. The number of aromatic nitrogens is 2. The van der Waals surface area contributed by atoms with E-state index in [1.807, 2.05) is 44.5 Å². The second kappa shape index (κ2) is 5.15. The molecule has 0 aliphatic carbocycles. The molecule has 0 spiro atoms. The van der Waals surface area contributed by atoms with Crippen molar-refractivity contribution in [2.45, 2.75) is 39.8 Å². The SMILES string of the molecule is Cc1cccc2nc(CNC(=O)OC(C)(C)C)n(C)c12. The van der Waals surface area contributed by atoms with Gasteiger partial charge in [0.2, 0.25) is 0 Å². The Morgan fingerprint density at radius 3 is 2.70 bits per heavy atom. The lowest BCUT2D eigenvalue weighted by molar-refractivity contribution is 0.0522. The van der Waals surface area contributed by atoms with E-state index in [4.69, 9.17) is 4.74 Å². The first-order valence-corrected chi connectivity index (χ1v) is 6.66. The Balaban J connectivity index is 2.13. The summed E-state index contributed by atoms with van der Waals surface area (Å²) in [6.45, 7) is 7.91. The number of alkyl carbamates (subject to hydrolysis) is 1. The van der Waals surface area contributed by atoms with Crippen molar-refractivity contribution < 1.29 is 9.53 Å². The van der Waals surface area contributed by atoms with Gasteiger partial charge in [-0.05, 0) is 39.3 Å². The highest BCUT2D eigenvalue weighted by atomic mass is 16.6. The van der Waals surface area contributed by atoms with Gasteiger partial charge in [-0.25, -0.2) is 9.78 Å². The molecular weight excluding hydrogens is 254 g/mol. The maximum atomic E-state index is 11.7. The second-order valence-corrected chi connectivity index (χ2v) is 5.89. The Labute approximate surface area is 118 Å². The predicted octanol–water partition coefficient (Wildman–Crippen LogP) is 2.91. The summed E-state index contributed by atoms with van der Waals surface area (Å²) in [4.78, 5) is 16.2. The molecule has 1 aromatic carbocycles. The normalized spacial score (nSPS) is 11.7. The lowest BCUT2D eigenvalue weighted by Crippen LogP contribution is -2.32. The fourth-order valence-corrected chi connectivity index (χ4v) is 2.14. The van der Waals surface area contributed by atoms with Crippen LogP contribution in [0.15, 0.2) is 18.2 Å². The molecule has 0 bridgehead atoms. The average molecular weight is 275 g/mol. The third kappa shape index (κ3) is 3.10. The van der Waals surface area contributed by atoms with Gasteiger partial charge in [0.1, 0.15) is 11.4 Å². The predicted molar refractivity (Wildman–Crippen MR) is 78.5 cm³/mol. The van der Waals surface area contributed by atoms with E-state index in [1.54, 1.807) is 0 Å². The summed E-state index contributed by atoms with van der Waals surface area (Å²) in [5.41, 5.74) is 2.70. The summed E-state index contributed by atoms with van der Waals surface area (Å²) in [6, 6.07) is 6.00. The van der Waals surface area contributed by atoms with Gasteiger partial charge in [-0.2, -0.15) is 0 Å². The molecule has 0 fully saturated rings. The van der Waals surface area contributed by atoms with Crippen LogP contribution >= 0.6 is 0 Å². The van der Waals surface area contributed by atoms with Crippen LogP contribution in [0.5, 0.6) is 0 Å². The molecule has 2 rings (SSSR count). The van der Waals surface area contributed by atoms with E-state index >= 15 is 0 Å². The van der Waals surface area contributed by atoms with Crippen molar-refractivity contribution >= 4 is 17.1 Å². The summed E-state index contributed by atoms with van der Waals surface area (Å²) in [7, 11) is 1.95. The van der Waals surface area contributed by atoms with E-state index in [9.17, 15) is 4.79 Å². The summed E-state index contributed by atoms with van der Waals surface area (Å²) < 4.78 is 7.21. The fourth-order valence-electron chi connectivity index (χ4n) is 2.14. The van der Waals surface area contributed by atoms with Gasteiger partial charge in [-0.1, -0.05) is 12.1 Å². The van der Waals surface area contributed by atoms with Crippen LogP contribution in [0.1, 0.15) is 32.2 Å². The average Bonchev–Trinajstić information content (AvgIpc) is 2.63. The summed E-state index contributed by atoms with van der Waals surface area (Å²) in [5, 5.41) is 2.73. The van der Waals surface area contributed by atoms with Crippen molar-refractivity contribution in [1.82, 2.24) is 14.9 Å². The number of carbonyl (C=O) groups is 1. The number of amides is 1. The molecule has 1 aromatic heterocycles. The highest BCUT2D eigenvalue weighted by molar-refractivity contribution is 5.79. The van der Waals surface area contributed by atoms with Crippen LogP contribution in [0.4, 0.5) is 4.79 Å². The van der Waals surface area contributed by atoms with Crippen LogP contribution in [0, 0.1) is 6.92 Å². The maximum absolute atomic E-state index is 11.7. The van der Waals surface area contributed by atoms with Gasteiger partial charge in [-0.15, -0.1) is 0 Å². The zero-order valence-corrected chi connectivity index (χ0v) is 12.7. The molecule has 5 nitrogen and oxygen atoms in total. The Kier molecular flexibility index (Phi) is 3.70. The Morgan fingerprint density at radius 1 is 1.40 bits per heavy atom. The first-order chi connectivity index (χ1) is 9.28. The molecule has 0 radical (unpaired) electrons. The number of rotatable bonds is 2. The number of nitrogens with one attached hydrogen (secondary N) is 1. The molecule has 0 aliphatic heterocycles. The Bertz CT molecular complexity index is 638. The molecule has 1 N–H and O–H groups in total. The molecule has 2 aromatic rings. The molecule has 20 heavy (non-hydrogen) atoms. The van der Waals surface area contributed by atoms with Crippen molar-refractivity contribution in [1.29, 1.82) is 0 Å². The summed E-state index contributed by atoms with van der Waals surface area (Å²) >= 11 is 0. The number of para-hydroxylation sites is 1. The maximum Gasteiger partial charge on any atom is 0.408 e. The Morgan fingerprint density at radius 2 is 2.10 bits per heavy atom. The molecule has 0 unspecified atom stereocenters. The van der Waals surface area contributed by atoms with E-state index in [2.05, 4.69) is 23.3 Å². The van der Waals surface area contributed by atoms with Crippen LogP contribution in [-0.4, -0.2) is 21.2 Å². The monoisotopic (exact) mass is 275 g/mol. The number of fused-ring (bicyclic) bond motifs is 1. The van der Waals surface area contributed by atoms with Gasteiger partial charge >= 0.3 is 6.09 Å². The van der Waals surface area contributed by atoms with Crippen molar-refractivity contribution in [3.05, 3.63) is 29.6 Å². The van der Waals surface area contributed by atoms with E-state index in [1.165, 1.54) is 5.56 Å². The van der Waals surface area contributed by atoms with E-state index in [-0.39, 0.29) is 0 Å². The number of hydrogen-bond acceptors (Lipinski definition) is 3. The molecule has 1 amide bonds. The van der Waals surface area contributed by atoms with Gasteiger partial charge < -0.3 is 14.6 Å². The van der Waals surface area contributed by atoms with Gasteiger partial charge in [0, 0.05) is 7.05 Å². The number of ether oxygens (including phenoxy) is 1. The zero-order chi connectivity index (χ0) is 14.9. The zero-order valence-electron chi connectivity index (χ0n) is 12.7. The summed E-state index contributed by atoms with van der Waals surface area (Å²) in [6.07, 6.45) is -0.429. The van der Waals surface area contributed by atoms with Gasteiger partial charge in [0.25, 0.3) is 0 Å². The summed E-state index contributed by atoms with van der Waals surface area (Å²) in [5.74, 6) is 0.806. The molecule has 0 saturated carbocycles. The minimum absolute atomic E-state index is 0.347. The standard InChI is InChI=1S/C15H21N3O2/c1-10-7-6-8-11-13(10)18(5)12(17-11)9-16-14(19)20-15(2,3)4/h6-8H,9H2,1-5H3,(H,16,19). The molecule has 5 heteroatoms. The molecule has 0 saturated heterocycles. The van der Waals surface area contributed by atoms with Gasteiger partial charge in [0.15, 0.2) is 0 Å². The minimum Gasteiger partial charge on any atom is -0.444 e. The first kappa shape index (κ1) is 14.4. The lowest BCUT2D eigenvalue weighted by Gasteiger charge is -2.19. The molecule has 108 valence electrons. The van der Waals surface area contributed by atoms with Crippen molar-refractivity contribution in [2.24, 2.45) is 7.05 Å². The smallest absolute Gasteiger partial charge is 0.408 e. The number of aryl methyl sites for hydroxylation is 2. The molecule has 0 aliphatic rings. The number of hydrogen-bond donors (Lipinski definition) is 1. The third-order valence-electron chi connectivity index (χ3n) is 2.98. The van der Waals surface area contributed by atoms with Crippen LogP contribution in [0.25, 0.3) is 11.0 Å². The second-order valence-electron chi connectivity index (χ2n) is 5.89. The van der Waals surface area contributed by atoms with E-state index in [0.717, 1.165) is 16.9 Å². The molecular formula is C15H21N3O2. The van der Waals surface area contributed by atoms with Crippen molar-refractivity contribution in [2.75, 3.05) is 0 Å². The number of nitrogens with zero attached hydrogens (tertiary/aromatic N) is 2.